The van der Waals surface area contributed by atoms with Crippen LogP contribution < -0.4 is 4.90 Å². The quantitative estimate of drug-likeness (QED) is 0.877. The van der Waals surface area contributed by atoms with Gasteiger partial charge in [-0.3, -0.25) is 4.79 Å². The van der Waals surface area contributed by atoms with Crippen molar-refractivity contribution >= 4 is 23.3 Å². The lowest BCUT2D eigenvalue weighted by atomic mass is 10.1. The first kappa shape index (κ1) is 12.2. The van der Waals surface area contributed by atoms with Crippen LogP contribution in [0.25, 0.3) is 0 Å². The molecule has 0 saturated heterocycles. The third-order valence-corrected chi connectivity index (χ3v) is 3.51. The molecule has 1 aliphatic carbocycles. The monoisotopic (exact) mass is 253 g/mol. The molecule has 1 N–H and O–H groups in total. The van der Waals surface area contributed by atoms with Crippen molar-refractivity contribution in [2.24, 2.45) is 5.92 Å². The molecule has 0 heterocycles. The van der Waals surface area contributed by atoms with Crippen molar-refractivity contribution in [1.29, 1.82) is 0 Å². The highest BCUT2D eigenvalue weighted by atomic mass is 35.5. The van der Waals surface area contributed by atoms with Gasteiger partial charge in [0.15, 0.2) is 0 Å². The van der Waals surface area contributed by atoms with E-state index in [1.165, 1.54) is 12.8 Å². The Morgan fingerprint density at radius 2 is 2.06 bits per heavy atom. The van der Waals surface area contributed by atoms with Crippen molar-refractivity contribution in [2.75, 3.05) is 11.4 Å². The van der Waals surface area contributed by atoms with Crippen molar-refractivity contribution < 1.29 is 9.90 Å². The van der Waals surface area contributed by atoms with Crippen molar-refractivity contribution in [3.8, 4) is 0 Å². The highest BCUT2D eigenvalue weighted by molar-refractivity contribution is 6.30. The van der Waals surface area contributed by atoms with E-state index in [1.54, 1.807) is 12.1 Å². The first-order valence-electron chi connectivity index (χ1n) is 5.82. The number of benzene rings is 1. The summed E-state index contributed by atoms with van der Waals surface area (Å²) in [6, 6.07) is 7.62. The summed E-state index contributed by atoms with van der Waals surface area (Å²) in [6.07, 6.45) is 2.40. The summed E-state index contributed by atoms with van der Waals surface area (Å²) in [6.45, 7) is 2.13. The van der Waals surface area contributed by atoms with Crippen LogP contribution in [0.4, 0.5) is 5.69 Å². The van der Waals surface area contributed by atoms with E-state index in [9.17, 15) is 4.79 Å². The van der Waals surface area contributed by atoms with Crippen LogP contribution in [0.1, 0.15) is 19.8 Å². The van der Waals surface area contributed by atoms with E-state index in [0.29, 0.717) is 10.9 Å². The van der Waals surface area contributed by atoms with Gasteiger partial charge in [0.1, 0.15) is 6.54 Å². The highest BCUT2D eigenvalue weighted by Crippen LogP contribution is 2.36. The van der Waals surface area contributed by atoms with E-state index >= 15 is 0 Å². The third-order valence-electron chi connectivity index (χ3n) is 3.26. The van der Waals surface area contributed by atoms with E-state index in [4.69, 9.17) is 16.7 Å². The van der Waals surface area contributed by atoms with Gasteiger partial charge >= 0.3 is 5.97 Å². The van der Waals surface area contributed by atoms with E-state index < -0.39 is 5.97 Å². The number of rotatable bonds is 5. The first-order valence-corrected chi connectivity index (χ1v) is 6.19. The topological polar surface area (TPSA) is 40.5 Å². The molecule has 1 unspecified atom stereocenters. The van der Waals surface area contributed by atoms with E-state index in [-0.39, 0.29) is 12.6 Å². The number of hydrogen-bond acceptors (Lipinski definition) is 2. The minimum Gasteiger partial charge on any atom is -0.480 e. The Balaban J connectivity index is 2.18. The summed E-state index contributed by atoms with van der Waals surface area (Å²) in [5.41, 5.74) is 0.927. The molecule has 4 heteroatoms. The molecule has 1 fully saturated rings. The molecule has 1 aromatic rings. The molecule has 1 aromatic carbocycles. The van der Waals surface area contributed by atoms with Crippen molar-refractivity contribution in [2.45, 2.75) is 25.8 Å². The van der Waals surface area contributed by atoms with Crippen LogP contribution in [0.3, 0.4) is 0 Å². The molecular formula is C13H16ClNO2. The van der Waals surface area contributed by atoms with Crippen LogP contribution in [0.2, 0.25) is 5.02 Å². The number of carboxylic acids is 1. The Labute approximate surface area is 106 Å². The van der Waals surface area contributed by atoms with E-state index in [1.807, 2.05) is 17.0 Å². The molecule has 2 rings (SSSR count). The van der Waals surface area contributed by atoms with Gasteiger partial charge in [-0.15, -0.1) is 0 Å². The largest absolute Gasteiger partial charge is 0.480 e. The smallest absolute Gasteiger partial charge is 0.323 e. The Morgan fingerprint density at radius 1 is 1.47 bits per heavy atom. The van der Waals surface area contributed by atoms with Crippen LogP contribution in [-0.4, -0.2) is 23.7 Å². The van der Waals surface area contributed by atoms with Crippen molar-refractivity contribution in [1.82, 2.24) is 0 Å². The molecule has 0 bridgehead atoms. The van der Waals surface area contributed by atoms with Gasteiger partial charge in [-0.05, 0) is 49.9 Å². The average molecular weight is 254 g/mol. The Kier molecular flexibility index (Phi) is 3.57. The fourth-order valence-electron chi connectivity index (χ4n) is 2.08. The van der Waals surface area contributed by atoms with Crippen LogP contribution >= 0.6 is 11.6 Å². The first-order chi connectivity index (χ1) is 8.08. The molecule has 1 aliphatic rings. The summed E-state index contributed by atoms with van der Waals surface area (Å²) in [4.78, 5) is 12.9. The van der Waals surface area contributed by atoms with Crippen LogP contribution in [0.5, 0.6) is 0 Å². The minimum atomic E-state index is -0.799. The fourth-order valence-corrected chi connectivity index (χ4v) is 2.21. The second-order valence-electron chi connectivity index (χ2n) is 4.58. The Hall–Kier alpha value is -1.22. The van der Waals surface area contributed by atoms with E-state index in [0.717, 1.165) is 5.69 Å². The predicted molar refractivity (Wildman–Crippen MR) is 68.6 cm³/mol. The van der Waals surface area contributed by atoms with Crippen LogP contribution in [0.15, 0.2) is 24.3 Å². The molecule has 0 radical (unpaired) electrons. The van der Waals surface area contributed by atoms with Gasteiger partial charge in [0.2, 0.25) is 0 Å². The van der Waals surface area contributed by atoms with Gasteiger partial charge in [-0.25, -0.2) is 0 Å². The molecule has 0 aliphatic heterocycles. The second-order valence-corrected chi connectivity index (χ2v) is 5.01. The van der Waals surface area contributed by atoms with Crippen molar-refractivity contribution in [3.05, 3.63) is 29.3 Å². The summed E-state index contributed by atoms with van der Waals surface area (Å²) in [5.74, 6) is -0.169. The van der Waals surface area contributed by atoms with Gasteiger partial charge in [0, 0.05) is 16.8 Å². The van der Waals surface area contributed by atoms with Gasteiger partial charge < -0.3 is 10.0 Å². The zero-order valence-electron chi connectivity index (χ0n) is 9.77. The second kappa shape index (κ2) is 4.96. The fraction of sp³-hybridized carbons (Fsp3) is 0.462. The molecule has 1 atom stereocenters. The summed E-state index contributed by atoms with van der Waals surface area (Å²) < 4.78 is 0. The molecule has 0 spiro atoms. The summed E-state index contributed by atoms with van der Waals surface area (Å²) in [5, 5.41) is 9.65. The molecule has 0 amide bonds. The number of hydrogen-bond donors (Lipinski definition) is 1. The van der Waals surface area contributed by atoms with Crippen LogP contribution in [0, 0.1) is 5.92 Å². The highest BCUT2D eigenvalue weighted by Gasteiger charge is 2.32. The molecule has 3 nitrogen and oxygen atoms in total. The lowest BCUT2D eigenvalue weighted by Crippen LogP contribution is -2.38. The van der Waals surface area contributed by atoms with Gasteiger partial charge in [-0.1, -0.05) is 11.6 Å². The zero-order chi connectivity index (χ0) is 12.4. The molecule has 92 valence electrons. The van der Waals surface area contributed by atoms with Crippen molar-refractivity contribution in [3.63, 3.8) is 0 Å². The minimum absolute atomic E-state index is 0.0410. The maximum absolute atomic E-state index is 10.9. The summed E-state index contributed by atoms with van der Waals surface area (Å²) >= 11 is 5.84. The summed E-state index contributed by atoms with van der Waals surface area (Å²) in [7, 11) is 0. The maximum Gasteiger partial charge on any atom is 0.323 e. The van der Waals surface area contributed by atoms with Gasteiger partial charge in [0.05, 0.1) is 0 Å². The van der Waals surface area contributed by atoms with Gasteiger partial charge in [-0.2, -0.15) is 0 Å². The molecule has 0 aromatic heterocycles. The Morgan fingerprint density at radius 3 is 2.53 bits per heavy atom. The third kappa shape index (κ3) is 3.13. The Bertz CT molecular complexity index is 400. The predicted octanol–water partition coefficient (Wildman–Crippen LogP) is 3.03. The number of carbonyl (C=O) groups is 1. The van der Waals surface area contributed by atoms with Crippen LogP contribution in [-0.2, 0) is 4.79 Å². The molecule has 17 heavy (non-hydrogen) atoms. The number of halogens is 1. The number of aliphatic carboxylic acids is 1. The molecule has 1 saturated carbocycles. The van der Waals surface area contributed by atoms with Gasteiger partial charge in [0.25, 0.3) is 0 Å². The van der Waals surface area contributed by atoms with E-state index in [2.05, 4.69) is 6.92 Å². The maximum atomic E-state index is 10.9. The standard InChI is InChI=1S/C13H16ClNO2/c1-9(10-2-3-10)15(8-13(16)17)12-6-4-11(14)5-7-12/h4-7,9-10H,2-3,8H2,1H3,(H,16,17). The lowest BCUT2D eigenvalue weighted by Gasteiger charge is -2.30. The number of anilines is 1. The zero-order valence-corrected chi connectivity index (χ0v) is 10.5. The lowest BCUT2D eigenvalue weighted by molar-refractivity contribution is -0.135. The molecular weight excluding hydrogens is 238 g/mol. The average Bonchev–Trinajstić information content (AvgIpc) is 3.10. The normalized spacial score (nSPS) is 16.6. The number of carboxylic acid groups (broad SMARTS) is 1. The SMILES string of the molecule is CC(C1CC1)N(CC(=O)O)c1ccc(Cl)cc1. The number of nitrogens with zero attached hydrogens (tertiary/aromatic N) is 1.